The highest BCUT2D eigenvalue weighted by atomic mass is 16.6. The van der Waals surface area contributed by atoms with Crippen LogP contribution in [0.5, 0.6) is 0 Å². The Kier molecular flexibility index (Phi) is 5.99. The first-order valence-corrected chi connectivity index (χ1v) is 8.92. The molecule has 7 heteroatoms. The zero-order valence-electron chi connectivity index (χ0n) is 15.7. The lowest BCUT2D eigenvalue weighted by molar-refractivity contribution is -0.385. The number of nitro groups is 1. The van der Waals surface area contributed by atoms with Crippen LogP contribution in [0.2, 0.25) is 0 Å². The molecule has 1 atom stereocenters. The van der Waals surface area contributed by atoms with Crippen molar-refractivity contribution >= 4 is 23.2 Å². The molecule has 0 saturated heterocycles. The molecule has 2 N–H and O–H groups in total. The lowest BCUT2D eigenvalue weighted by atomic mass is 10.0. The van der Waals surface area contributed by atoms with Crippen LogP contribution in [-0.2, 0) is 4.79 Å². The number of nitrogens with zero attached hydrogens (tertiary/aromatic N) is 1. The zero-order chi connectivity index (χ0) is 20.8. The van der Waals surface area contributed by atoms with Gasteiger partial charge in [-0.1, -0.05) is 54.6 Å². The van der Waals surface area contributed by atoms with Gasteiger partial charge in [0.15, 0.2) is 0 Å². The van der Waals surface area contributed by atoms with Gasteiger partial charge in [-0.15, -0.1) is 0 Å². The predicted octanol–water partition coefficient (Wildman–Crippen LogP) is 4.01. The van der Waals surface area contributed by atoms with Crippen molar-refractivity contribution in [2.24, 2.45) is 0 Å². The topological polar surface area (TPSA) is 101 Å². The quantitative estimate of drug-likeness (QED) is 0.491. The summed E-state index contributed by atoms with van der Waals surface area (Å²) in [6, 6.07) is 20.8. The van der Waals surface area contributed by atoms with E-state index in [9.17, 15) is 19.7 Å². The van der Waals surface area contributed by atoms with Crippen molar-refractivity contribution < 1.29 is 14.5 Å². The summed E-state index contributed by atoms with van der Waals surface area (Å²) < 4.78 is 0. The number of hydrogen-bond acceptors (Lipinski definition) is 4. The number of rotatable bonds is 6. The molecule has 0 aliphatic heterocycles. The van der Waals surface area contributed by atoms with E-state index in [-0.39, 0.29) is 11.4 Å². The van der Waals surface area contributed by atoms with E-state index in [1.807, 2.05) is 0 Å². The molecule has 0 heterocycles. The van der Waals surface area contributed by atoms with Crippen molar-refractivity contribution in [1.82, 2.24) is 5.32 Å². The molecular formula is C22H19N3O4. The minimum Gasteiger partial charge on any atom is -0.336 e. The Morgan fingerprint density at radius 2 is 1.55 bits per heavy atom. The molecule has 3 rings (SSSR count). The van der Waals surface area contributed by atoms with Crippen LogP contribution in [0, 0.1) is 17.0 Å². The van der Waals surface area contributed by atoms with Crippen molar-refractivity contribution in [2.75, 3.05) is 5.32 Å². The van der Waals surface area contributed by atoms with Gasteiger partial charge in [-0.25, -0.2) is 0 Å². The van der Waals surface area contributed by atoms with Crippen LogP contribution in [0.4, 0.5) is 11.4 Å². The predicted molar refractivity (Wildman–Crippen MR) is 110 cm³/mol. The first-order chi connectivity index (χ1) is 14.0. The highest BCUT2D eigenvalue weighted by Crippen LogP contribution is 2.24. The second kappa shape index (κ2) is 8.79. The maximum Gasteiger partial charge on any atom is 0.274 e. The minimum atomic E-state index is -0.968. The van der Waals surface area contributed by atoms with E-state index in [4.69, 9.17) is 0 Å². The van der Waals surface area contributed by atoms with Crippen molar-refractivity contribution in [2.45, 2.75) is 13.0 Å². The molecule has 2 amide bonds. The van der Waals surface area contributed by atoms with Crippen LogP contribution in [0.3, 0.4) is 0 Å². The van der Waals surface area contributed by atoms with Gasteiger partial charge in [0, 0.05) is 22.9 Å². The molecule has 0 spiro atoms. The summed E-state index contributed by atoms with van der Waals surface area (Å²) >= 11 is 0. The average Bonchev–Trinajstić information content (AvgIpc) is 2.74. The molecule has 7 nitrogen and oxygen atoms in total. The fourth-order valence-corrected chi connectivity index (χ4v) is 2.85. The number of amides is 2. The van der Waals surface area contributed by atoms with Gasteiger partial charge in [-0.3, -0.25) is 19.7 Å². The monoisotopic (exact) mass is 389 g/mol. The van der Waals surface area contributed by atoms with E-state index >= 15 is 0 Å². The summed E-state index contributed by atoms with van der Waals surface area (Å²) in [5.41, 5.74) is 1.70. The molecule has 29 heavy (non-hydrogen) atoms. The molecule has 0 radical (unpaired) electrons. The Morgan fingerprint density at radius 1 is 0.931 bits per heavy atom. The lowest BCUT2D eigenvalue weighted by Gasteiger charge is -2.19. The maximum absolute atomic E-state index is 13.0. The van der Waals surface area contributed by atoms with Crippen LogP contribution in [0.1, 0.15) is 27.5 Å². The minimum absolute atomic E-state index is 0.0904. The third-order valence-electron chi connectivity index (χ3n) is 4.38. The molecule has 3 aromatic rings. The summed E-state index contributed by atoms with van der Waals surface area (Å²) in [4.78, 5) is 36.2. The molecule has 146 valence electrons. The molecule has 0 bridgehead atoms. The van der Waals surface area contributed by atoms with Gasteiger partial charge < -0.3 is 10.6 Å². The van der Waals surface area contributed by atoms with Crippen molar-refractivity contribution in [3.05, 3.63) is 106 Å². The van der Waals surface area contributed by atoms with Gasteiger partial charge >= 0.3 is 0 Å². The van der Waals surface area contributed by atoms with E-state index in [0.717, 1.165) is 0 Å². The fraction of sp³-hybridized carbons (Fsp3) is 0.0909. The number of carbonyl (C=O) groups is 2. The Morgan fingerprint density at radius 3 is 2.17 bits per heavy atom. The first-order valence-electron chi connectivity index (χ1n) is 8.92. The van der Waals surface area contributed by atoms with E-state index < -0.39 is 22.8 Å². The maximum atomic E-state index is 13.0. The largest absolute Gasteiger partial charge is 0.336 e. The molecule has 0 fully saturated rings. The second-order valence-electron chi connectivity index (χ2n) is 6.43. The van der Waals surface area contributed by atoms with Crippen molar-refractivity contribution in [1.29, 1.82) is 0 Å². The SMILES string of the molecule is Cc1ccc(NC(=O)C(NC(=O)c2ccccc2)c2ccccc2)cc1[N+](=O)[O-]. The third-order valence-corrected chi connectivity index (χ3v) is 4.38. The van der Waals surface area contributed by atoms with Crippen molar-refractivity contribution in [3.63, 3.8) is 0 Å². The van der Waals surface area contributed by atoms with Gasteiger partial charge in [-0.05, 0) is 30.7 Å². The number of hydrogen-bond donors (Lipinski definition) is 2. The number of anilines is 1. The normalized spacial score (nSPS) is 11.3. The number of nitro benzene ring substituents is 1. The van der Waals surface area contributed by atoms with Gasteiger partial charge in [0.2, 0.25) is 0 Å². The number of benzene rings is 3. The van der Waals surface area contributed by atoms with Crippen LogP contribution in [0.15, 0.2) is 78.9 Å². The number of aryl methyl sites for hydroxylation is 1. The van der Waals surface area contributed by atoms with Crippen LogP contribution in [0.25, 0.3) is 0 Å². The Balaban J connectivity index is 1.86. The van der Waals surface area contributed by atoms with E-state index in [1.165, 1.54) is 6.07 Å². The van der Waals surface area contributed by atoms with E-state index in [2.05, 4.69) is 10.6 Å². The smallest absolute Gasteiger partial charge is 0.274 e. The summed E-state index contributed by atoms with van der Waals surface area (Å²) in [6.45, 7) is 1.62. The Hall–Kier alpha value is -4.00. The van der Waals surface area contributed by atoms with Crippen LogP contribution < -0.4 is 10.6 Å². The van der Waals surface area contributed by atoms with E-state index in [1.54, 1.807) is 79.7 Å². The summed E-state index contributed by atoms with van der Waals surface area (Å²) in [6.07, 6.45) is 0. The fourth-order valence-electron chi connectivity index (χ4n) is 2.85. The summed E-state index contributed by atoms with van der Waals surface area (Å²) in [5.74, 6) is -0.900. The molecule has 1 unspecified atom stereocenters. The molecule has 0 aromatic heterocycles. The Labute approximate surface area is 167 Å². The van der Waals surface area contributed by atoms with E-state index in [0.29, 0.717) is 16.7 Å². The lowest BCUT2D eigenvalue weighted by Crippen LogP contribution is -2.37. The number of nitrogens with one attached hydrogen (secondary N) is 2. The average molecular weight is 389 g/mol. The molecule has 0 aliphatic carbocycles. The van der Waals surface area contributed by atoms with Gasteiger partial charge in [0.25, 0.3) is 17.5 Å². The Bertz CT molecular complexity index is 1040. The second-order valence-corrected chi connectivity index (χ2v) is 6.43. The first kappa shape index (κ1) is 19.8. The van der Waals surface area contributed by atoms with Crippen LogP contribution in [-0.4, -0.2) is 16.7 Å². The highest BCUT2D eigenvalue weighted by Gasteiger charge is 2.24. The highest BCUT2D eigenvalue weighted by molar-refractivity contribution is 6.01. The zero-order valence-corrected chi connectivity index (χ0v) is 15.7. The molecule has 0 saturated carbocycles. The summed E-state index contributed by atoms with van der Waals surface area (Å²) in [5, 5.41) is 16.5. The standard InChI is InChI=1S/C22H19N3O4/c1-15-12-13-18(14-19(15)25(28)29)23-22(27)20(16-8-4-2-5-9-16)24-21(26)17-10-6-3-7-11-17/h2-14,20H,1H3,(H,23,27)(H,24,26). The van der Waals surface area contributed by atoms with Crippen LogP contribution >= 0.6 is 0 Å². The third kappa shape index (κ3) is 4.84. The van der Waals surface area contributed by atoms with Gasteiger partial charge in [0.05, 0.1) is 4.92 Å². The molecule has 3 aromatic carbocycles. The molecular weight excluding hydrogens is 370 g/mol. The van der Waals surface area contributed by atoms with Crippen molar-refractivity contribution in [3.8, 4) is 0 Å². The summed E-state index contributed by atoms with van der Waals surface area (Å²) in [7, 11) is 0. The molecule has 0 aliphatic rings. The van der Waals surface area contributed by atoms with Gasteiger partial charge in [-0.2, -0.15) is 0 Å². The number of carbonyl (C=O) groups excluding carboxylic acids is 2. The van der Waals surface area contributed by atoms with Gasteiger partial charge in [0.1, 0.15) is 6.04 Å².